The molecular formula is C15H30N2. The summed E-state index contributed by atoms with van der Waals surface area (Å²) < 4.78 is 0. The van der Waals surface area contributed by atoms with Crippen LogP contribution in [0, 0.1) is 11.8 Å². The molecule has 100 valence electrons. The van der Waals surface area contributed by atoms with Crippen LogP contribution in [0.5, 0.6) is 0 Å². The summed E-state index contributed by atoms with van der Waals surface area (Å²) in [6, 6.07) is 2.33. The Balaban J connectivity index is 1.92. The molecule has 0 bridgehead atoms. The first-order valence-corrected chi connectivity index (χ1v) is 7.58. The molecule has 3 atom stereocenters. The molecule has 17 heavy (non-hydrogen) atoms. The zero-order valence-corrected chi connectivity index (χ0v) is 12.1. The number of hydrogen-bond donors (Lipinski definition) is 1. The predicted octanol–water partition coefficient (Wildman–Crippen LogP) is 2.88. The average Bonchev–Trinajstić information content (AvgIpc) is 3.07. The van der Waals surface area contributed by atoms with E-state index in [0.29, 0.717) is 0 Å². The number of piperidine rings is 1. The van der Waals surface area contributed by atoms with Gasteiger partial charge in [0.15, 0.2) is 0 Å². The highest BCUT2D eigenvalue weighted by Crippen LogP contribution is 2.27. The Bertz CT molecular complexity index is 235. The van der Waals surface area contributed by atoms with E-state index in [1.54, 1.807) is 0 Å². The van der Waals surface area contributed by atoms with Gasteiger partial charge in [0, 0.05) is 24.7 Å². The normalized spacial score (nSPS) is 33.0. The first kappa shape index (κ1) is 13.4. The average molecular weight is 238 g/mol. The summed E-state index contributed by atoms with van der Waals surface area (Å²) in [6.07, 6.45) is 5.60. The van der Waals surface area contributed by atoms with Crippen molar-refractivity contribution in [1.82, 2.24) is 10.2 Å². The molecule has 2 heteroatoms. The van der Waals surface area contributed by atoms with Crippen molar-refractivity contribution in [2.24, 2.45) is 11.8 Å². The molecule has 0 aromatic carbocycles. The molecule has 1 aliphatic carbocycles. The summed E-state index contributed by atoms with van der Waals surface area (Å²) >= 11 is 0. The van der Waals surface area contributed by atoms with Crippen LogP contribution in [0.3, 0.4) is 0 Å². The zero-order chi connectivity index (χ0) is 12.4. The number of hydrogen-bond acceptors (Lipinski definition) is 2. The molecular weight excluding hydrogens is 208 g/mol. The van der Waals surface area contributed by atoms with Crippen LogP contribution in [-0.2, 0) is 0 Å². The molecule has 0 spiro atoms. The van der Waals surface area contributed by atoms with Crippen LogP contribution >= 0.6 is 0 Å². The van der Waals surface area contributed by atoms with Gasteiger partial charge in [-0.15, -0.1) is 0 Å². The third kappa shape index (κ3) is 3.45. The summed E-state index contributed by atoms with van der Waals surface area (Å²) in [6.45, 7) is 12.1. The molecule has 0 amide bonds. The van der Waals surface area contributed by atoms with E-state index in [2.05, 4.69) is 37.9 Å². The third-order valence-corrected chi connectivity index (χ3v) is 4.81. The second-order valence-electron chi connectivity index (χ2n) is 6.59. The number of rotatable bonds is 5. The van der Waals surface area contributed by atoms with Gasteiger partial charge in [-0.25, -0.2) is 0 Å². The topological polar surface area (TPSA) is 15.3 Å². The van der Waals surface area contributed by atoms with Crippen molar-refractivity contribution in [2.75, 3.05) is 13.1 Å². The van der Waals surface area contributed by atoms with Gasteiger partial charge in [-0.3, -0.25) is 4.90 Å². The second-order valence-corrected chi connectivity index (χ2v) is 6.59. The van der Waals surface area contributed by atoms with Crippen LogP contribution < -0.4 is 5.32 Å². The number of likely N-dealkylation sites (tertiary alicyclic amines) is 1. The monoisotopic (exact) mass is 238 g/mol. The lowest BCUT2D eigenvalue weighted by atomic mass is 9.88. The fraction of sp³-hybridized carbons (Fsp3) is 1.00. The molecule has 0 radical (unpaired) electrons. The Hall–Kier alpha value is -0.0800. The Morgan fingerprint density at radius 2 is 1.88 bits per heavy atom. The van der Waals surface area contributed by atoms with Crippen LogP contribution in [0.15, 0.2) is 0 Å². The molecule has 1 heterocycles. The van der Waals surface area contributed by atoms with E-state index in [9.17, 15) is 0 Å². The van der Waals surface area contributed by atoms with Gasteiger partial charge in [0.2, 0.25) is 0 Å². The molecule has 1 saturated heterocycles. The van der Waals surface area contributed by atoms with Gasteiger partial charge < -0.3 is 5.32 Å². The summed E-state index contributed by atoms with van der Waals surface area (Å²) in [5.41, 5.74) is 0. The molecule has 3 unspecified atom stereocenters. The Morgan fingerprint density at radius 1 is 1.18 bits per heavy atom. The zero-order valence-electron chi connectivity index (χ0n) is 12.1. The van der Waals surface area contributed by atoms with Crippen LogP contribution in [0.1, 0.15) is 53.4 Å². The fourth-order valence-electron chi connectivity index (χ4n) is 3.15. The highest BCUT2D eigenvalue weighted by atomic mass is 15.2. The fourth-order valence-corrected chi connectivity index (χ4v) is 3.15. The lowest BCUT2D eigenvalue weighted by Gasteiger charge is -2.44. The molecule has 1 N–H and O–H groups in total. The van der Waals surface area contributed by atoms with Crippen LogP contribution in [0.2, 0.25) is 0 Å². The second kappa shape index (κ2) is 5.71. The summed E-state index contributed by atoms with van der Waals surface area (Å²) in [4.78, 5) is 2.77. The summed E-state index contributed by atoms with van der Waals surface area (Å²) in [5.74, 6) is 1.62. The molecule has 0 aromatic rings. The van der Waals surface area contributed by atoms with E-state index in [4.69, 9.17) is 0 Å². The van der Waals surface area contributed by atoms with Gasteiger partial charge in [-0.2, -0.15) is 0 Å². The minimum absolute atomic E-state index is 0.730. The van der Waals surface area contributed by atoms with E-state index in [1.807, 2.05) is 0 Å². The lowest BCUT2D eigenvalue weighted by Crippen LogP contribution is -2.54. The number of nitrogens with zero attached hydrogens (tertiary/aromatic N) is 1. The van der Waals surface area contributed by atoms with E-state index in [-0.39, 0.29) is 0 Å². The van der Waals surface area contributed by atoms with Gasteiger partial charge in [0.05, 0.1) is 0 Å². The third-order valence-electron chi connectivity index (χ3n) is 4.81. The SMILES string of the molecule is CC(C)C(CNC1CC1)N1CCCC(C)C1C. The first-order chi connectivity index (χ1) is 8.09. The van der Waals surface area contributed by atoms with Crippen LogP contribution in [0.25, 0.3) is 0 Å². The maximum absolute atomic E-state index is 3.73. The van der Waals surface area contributed by atoms with Gasteiger partial charge in [-0.05, 0) is 51.0 Å². The van der Waals surface area contributed by atoms with Crippen molar-refractivity contribution < 1.29 is 0 Å². The van der Waals surface area contributed by atoms with E-state index >= 15 is 0 Å². The molecule has 2 fully saturated rings. The Morgan fingerprint density at radius 3 is 2.47 bits per heavy atom. The number of nitrogens with one attached hydrogen (secondary N) is 1. The Labute approximate surface area is 107 Å². The maximum atomic E-state index is 3.73. The van der Waals surface area contributed by atoms with Crippen molar-refractivity contribution in [3.63, 3.8) is 0 Å². The molecule has 2 aliphatic rings. The minimum atomic E-state index is 0.730. The van der Waals surface area contributed by atoms with Crippen LogP contribution in [0.4, 0.5) is 0 Å². The van der Waals surface area contributed by atoms with Crippen molar-refractivity contribution in [1.29, 1.82) is 0 Å². The standard InChI is InChI=1S/C15H30N2/c1-11(2)15(10-16-14-7-8-14)17-9-5-6-12(3)13(17)4/h11-16H,5-10H2,1-4H3. The summed E-state index contributed by atoms with van der Waals surface area (Å²) in [5, 5.41) is 3.73. The highest BCUT2D eigenvalue weighted by molar-refractivity contribution is 4.89. The summed E-state index contributed by atoms with van der Waals surface area (Å²) in [7, 11) is 0. The molecule has 1 aliphatic heterocycles. The smallest absolute Gasteiger partial charge is 0.0246 e. The molecule has 0 aromatic heterocycles. The quantitative estimate of drug-likeness (QED) is 0.792. The lowest BCUT2D eigenvalue weighted by molar-refractivity contribution is 0.0467. The maximum Gasteiger partial charge on any atom is 0.0246 e. The Kier molecular flexibility index (Phi) is 4.48. The van der Waals surface area contributed by atoms with Crippen molar-refractivity contribution in [3.05, 3.63) is 0 Å². The van der Waals surface area contributed by atoms with Gasteiger partial charge in [0.25, 0.3) is 0 Å². The van der Waals surface area contributed by atoms with Crippen LogP contribution in [-0.4, -0.2) is 36.1 Å². The predicted molar refractivity (Wildman–Crippen MR) is 74.2 cm³/mol. The molecule has 1 saturated carbocycles. The van der Waals surface area contributed by atoms with Gasteiger partial charge in [-0.1, -0.05) is 20.8 Å². The molecule has 2 nitrogen and oxygen atoms in total. The van der Waals surface area contributed by atoms with Crippen molar-refractivity contribution in [3.8, 4) is 0 Å². The molecule has 2 rings (SSSR count). The van der Waals surface area contributed by atoms with Crippen molar-refractivity contribution >= 4 is 0 Å². The largest absolute Gasteiger partial charge is 0.312 e. The van der Waals surface area contributed by atoms with E-state index in [1.165, 1.54) is 38.8 Å². The van der Waals surface area contributed by atoms with Gasteiger partial charge >= 0.3 is 0 Å². The van der Waals surface area contributed by atoms with Gasteiger partial charge in [0.1, 0.15) is 0 Å². The van der Waals surface area contributed by atoms with Crippen molar-refractivity contribution in [2.45, 2.75) is 71.5 Å². The minimum Gasteiger partial charge on any atom is -0.312 e. The first-order valence-electron chi connectivity index (χ1n) is 7.58. The highest BCUT2D eigenvalue weighted by Gasteiger charge is 2.32. The van der Waals surface area contributed by atoms with E-state index < -0.39 is 0 Å². The van der Waals surface area contributed by atoms with E-state index in [0.717, 1.165) is 30.0 Å².